The molecule has 1 aromatic carbocycles. The Hall–Kier alpha value is -1.63. The van der Waals surface area contributed by atoms with E-state index in [1.807, 2.05) is 35.2 Å². The van der Waals surface area contributed by atoms with Crippen LogP contribution < -0.4 is 10.6 Å². The third-order valence-electron chi connectivity index (χ3n) is 6.18. The molecule has 6 heteroatoms. The van der Waals surface area contributed by atoms with Gasteiger partial charge in [0.15, 0.2) is 0 Å². The number of amides is 2. The van der Waals surface area contributed by atoms with E-state index in [0.29, 0.717) is 12.1 Å². The van der Waals surface area contributed by atoms with Crippen LogP contribution in [0, 0.1) is 0 Å². The number of anilines is 1. The van der Waals surface area contributed by atoms with Crippen LogP contribution in [0.15, 0.2) is 30.3 Å². The Bertz CT molecular complexity index is 605. The molecule has 3 saturated heterocycles. The summed E-state index contributed by atoms with van der Waals surface area (Å²) in [6.07, 6.45) is 6.22. The molecule has 27 heavy (non-hydrogen) atoms. The van der Waals surface area contributed by atoms with E-state index in [1.165, 1.54) is 0 Å². The van der Waals surface area contributed by atoms with Gasteiger partial charge in [0.25, 0.3) is 0 Å². The summed E-state index contributed by atoms with van der Waals surface area (Å²) in [5.41, 5.74) is 0.886. The number of ether oxygens (including phenoxy) is 2. The lowest BCUT2D eigenvalue weighted by molar-refractivity contribution is -0.141. The lowest BCUT2D eigenvalue weighted by Gasteiger charge is -2.45. The zero-order chi connectivity index (χ0) is 18.5. The highest BCUT2D eigenvalue weighted by Gasteiger charge is 2.39. The van der Waals surface area contributed by atoms with E-state index in [9.17, 15) is 4.79 Å². The van der Waals surface area contributed by atoms with Gasteiger partial charge < -0.3 is 25.0 Å². The molecule has 148 valence electrons. The highest BCUT2D eigenvalue weighted by atomic mass is 16.5. The number of nitrogens with one attached hydrogen (secondary N) is 2. The number of nitrogens with zero attached hydrogens (tertiary/aromatic N) is 1. The lowest BCUT2D eigenvalue weighted by Crippen LogP contribution is -2.54. The summed E-state index contributed by atoms with van der Waals surface area (Å²) in [5, 5.41) is 6.84. The molecule has 3 aliphatic rings. The maximum atomic E-state index is 12.4. The SMILES string of the molecule is O=C(Nc1ccccc1)N1CCC(N[C@H]2CCOC3(CCOCC3)C2)CC1. The first kappa shape index (κ1) is 18.7. The van der Waals surface area contributed by atoms with Crippen molar-refractivity contribution in [3.05, 3.63) is 30.3 Å². The Morgan fingerprint density at radius 1 is 1.00 bits per heavy atom. The van der Waals surface area contributed by atoms with Gasteiger partial charge in [0.2, 0.25) is 0 Å². The molecule has 1 atom stereocenters. The molecule has 3 fully saturated rings. The Kier molecular flexibility index (Phi) is 5.95. The van der Waals surface area contributed by atoms with Crippen LogP contribution in [0.25, 0.3) is 0 Å². The minimum Gasteiger partial charge on any atom is -0.381 e. The molecule has 1 aromatic rings. The van der Waals surface area contributed by atoms with Crippen molar-refractivity contribution in [1.29, 1.82) is 0 Å². The van der Waals surface area contributed by atoms with Crippen LogP contribution in [0.1, 0.15) is 38.5 Å². The molecule has 3 heterocycles. The van der Waals surface area contributed by atoms with Gasteiger partial charge in [0.05, 0.1) is 5.60 Å². The van der Waals surface area contributed by atoms with Crippen LogP contribution in [0.5, 0.6) is 0 Å². The number of rotatable bonds is 3. The molecule has 2 amide bonds. The predicted octanol–water partition coefficient (Wildman–Crippen LogP) is 3.00. The maximum absolute atomic E-state index is 12.4. The predicted molar refractivity (Wildman–Crippen MR) is 105 cm³/mol. The van der Waals surface area contributed by atoms with Gasteiger partial charge in [-0.2, -0.15) is 0 Å². The Morgan fingerprint density at radius 2 is 1.74 bits per heavy atom. The number of piperidine rings is 1. The molecule has 0 aliphatic carbocycles. The van der Waals surface area contributed by atoms with E-state index in [0.717, 1.165) is 77.1 Å². The van der Waals surface area contributed by atoms with Gasteiger partial charge in [-0.25, -0.2) is 4.79 Å². The highest BCUT2D eigenvalue weighted by molar-refractivity contribution is 5.89. The second kappa shape index (κ2) is 8.59. The van der Waals surface area contributed by atoms with Gasteiger partial charge >= 0.3 is 6.03 Å². The van der Waals surface area contributed by atoms with Crippen molar-refractivity contribution >= 4 is 11.7 Å². The molecule has 3 aliphatic heterocycles. The smallest absolute Gasteiger partial charge is 0.321 e. The van der Waals surface area contributed by atoms with Gasteiger partial charge in [-0.1, -0.05) is 18.2 Å². The number of hydrogen-bond acceptors (Lipinski definition) is 4. The summed E-state index contributed by atoms with van der Waals surface area (Å²) in [6, 6.07) is 10.7. The van der Waals surface area contributed by atoms with Crippen molar-refractivity contribution in [1.82, 2.24) is 10.2 Å². The molecule has 0 saturated carbocycles. The largest absolute Gasteiger partial charge is 0.381 e. The fourth-order valence-corrected chi connectivity index (χ4v) is 4.57. The molecule has 0 bridgehead atoms. The number of urea groups is 1. The Labute approximate surface area is 161 Å². The van der Waals surface area contributed by atoms with Gasteiger partial charge in [-0.3, -0.25) is 0 Å². The monoisotopic (exact) mass is 373 g/mol. The summed E-state index contributed by atoms with van der Waals surface area (Å²) in [5.74, 6) is 0. The van der Waals surface area contributed by atoms with Gasteiger partial charge in [0, 0.05) is 50.7 Å². The van der Waals surface area contributed by atoms with Crippen LogP contribution in [0.3, 0.4) is 0 Å². The molecule has 0 radical (unpaired) electrons. The normalized spacial score (nSPS) is 26.1. The van der Waals surface area contributed by atoms with Crippen molar-refractivity contribution in [3.8, 4) is 0 Å². The molecule has 4 rings (SSSR count). The summed E-state index contributed by atoms with van der Waals surface area (Å²) in [6.45, 7) is 4.09. The number of carbonyl (C=O) groups excluding carboxylic acids is 1. The summed E-state index contributed by atoms with van der Waals surface area (Å²) < 4.78 is 11.7. The average Bonchev–Trinajstić information content (AvgIpc) is 2.70. The number of hydrogen-bond donors (Lipinski definition) is 2. The first-order chi connectivity index (χ1) is 13.2. The molecule has 2 N–H and O–H groups in total. The zero-order valence-electron chi connectivity index (χ0n) is 16.0. The molecule has 0 unspecified atom stereocenters. The van der Waals surface area contributed by atoms with E-state index >= 15 is 0 Å². The van der Waals surface area contributed by atoms with Crippen molar-refractivity contribution in [3.63, 3.8) is 0 Å². The average molecular weight is 373 g/mol. The highest BCUT2D eigenvalue weighted by Crippen LogP contribution is 2.34. The van der Waals surface area contributed by atoms with Crippen molar-refractivity contribution in [2.75, 3.05) is 38.2 Å². The molecule has 6 nitrogen and oxygen atoms in total. The quantitative estimate of drug-likeness (QED) is 0.855. The van der Waals surface area contributed by atoms with Crippen molar-refractivity contribution in [2.24, 2.45) is 0 Å². The van der Waals surface area contributed by atoms with Crippen LogP contribution in [-0.4, -0.2) is 61.5 Å². The first-order valence-electron chi connectivity index (χ1n) is 10.3. The number of likely N-dealkylation sites (tertiary alicyclic amines) is 1. The zero-order valence-corrected chi connectivity index (χ0v) is 16.0. The van der Waals surface area contributed by atoms with E-state index < -0.39 is 0 Å². The number of para-hydroxylation sites is 1. The van der Waals surface area contributed by atoms with Gasteiger partial charge in [0.1, 0.15) is 0 Å². The second-order valence-electron chi connectivity index (χ2n) is 8.06. The topological polar surface area (TPSA) is 62.8 Å². The number of carbonyl (C=O) groups is 1. The van der Waals surface area contributed by atoms with E-state index in [1.54, 1.807) is 0 Å². The fourth-order valence-electron chi connectivity index (χ4n) is 4.57. The van der Waals surface area contributed by atoms with E-state index in [-0.39, 0.29) is 11.6 Å². The van der Waals surface area contributed by atoms with Crippen molar-refractivity contribution < 1.29 is 14.3 Å². The third-order valence-corrected chi connectivity index (χ3v) is 6.18. The molecular formula is C21H31N3O3. The van der Waals surface area contributed by atoms with Crippen LogP contribution in [0.4, 0.5) is 10.5 Å². The lowest BCUT2D eigenvalue weighted by atomic mass is 9.83. The Morgan fingerprint density at radius 3 is 2.48 bits per heavy atom. The number of benzene rings is 1. The second-order valence-corrected chi connectivity index (χ2v) is 8.06. The fraction of sp³-hybridized carbons (Fsp3) is 0.667. The minimum absolute atomic E-state index is 0.00637. The maximum Gasteiger partial charge on any atom is 0.321 e. The molecule has 0 aromatic heterocycles. The molecule has 1 spiro atoms. The first-order valence-corrected chi connectivity index (χ1v) is 10.3. The van der Waals surface area contributed by atoms with Crippen LogP contribution in [-0.2, 0) is 9.47 Å². The van der Waals surface area contributed by atoms with E-state index in [4.69, 9.17) is 9.47 Å². The van der Waals surface area contributed by atoms with Crippen LogP contribution >= 0.6 is 0 Å². The van der Waals surface area contributed by atoms with Gasteiger partial charge in [-0.15, -0.1) is 0 Å². The summed E-state index contributed by atoms with van der Waals surface area (Å²) in [4.78, 5) is 14.4. The summed E-state index contributed by atoms with van der Waals surface area (Å²) >= 11 is 0. The van der Waals surface area contributed by atoms with E-state index in [2.05, 4.69) is 10.6 Å². The van der Waals surface area contributed by atoms with Crippen LogP contribution in [0.2, 0.25) is 0 Å². The standard InChI is InChI=1S/C21H31N3O3/c25-20(23-17-4-2-1-3-5-17)24-11-6-18(7-12-24)22-19-8-13-27-21(16-19)9-14-26-15-10-21/h1-5,18-19,22H,6-16H2,(H,23,25)/t19-/m0/s1. The van der Waals surface area contributed by atoms with Crippen molar-refractivity contribution in [2.45, 2.75) is 56.2 Å². The minimum atomic E-state index is 0.00637. The summed E-state index contributed by atoms with van der Waals surface area (Å²) in [7, 11) is 0. The third kappa shape index (κ3) is 4.81. The Balaban J connectivity index is 1.23. The van der Waals surface area contributed by atoms with Gasteiger partial charge in [-0.05, 0) is 50.7 Å². The molecular weight excluding hydrogens is 342 g/mol.